The van der Waals surface area contributed by atoms with Gasteiger partial charge in [0.2, 0.25) is 0 Å². The Morgan fingerprint density at radius 1 is 0.256 bits per heavy atom. The highest BCUT2D eigenvalue weighted by molar-refractivity contribution is 6.78. The topological polar surface area (TPSA) is 323 Å². The molecule has 8 aliphatic heterocycles. The van der Waals surface area contributed by atoms with Gasteiger partial charge in [-0.05, 0) is 191 Å². The summed E-state index contributed by atoms with van der Waals surface area (Å²) in [6.45, 7) is 14.3. The molecule has 8 fully saturated rings. The van der Waals surface area contributed by atoms with E-state index in [2.05, 4.69) is 0 Å². The summed E-state index contributed by atoms with van der Waals surface area (Å²) in [5.41, 5.74) is 0. The zero-order valence-corrected chi connectivity index (χ0v) is 86.8. The molecule has 0 spiro atoms. The lowest BCUT2D eigenvalue weighted by molar-refractivity contribution is -0.118. The largest absolute Gasteiger partial charge is 0.544 e. The zero-order chi connectivity index (χ0) is 95.3. The number of hydrogen-bond donors (Lipinski definition) is 0. The lowest BCUT2D eigenvalue weighted by atomic mass is 10.2. The van der Waals surface area contributed by atoms with Crippen LogP contribution in [0.4, 0.5) is 0 Å². The highest BCUT2D eigenvalue weighted by atomic mass is 28.4. The van der Waals surface area contributed by atoms with Crippen LogP contribution in [0, 0.1) is 0 Å². The van der Waals surface area contributed by atoms with Gasteiger partial charge in [-0.3, -0.25) is 0 Å². The minimum absolute atomic E-state index is 0.224. The van der Waals surface area contributed by atoms with Gasteiger partial charge < -0.3 is 161 Å². The van der Waals surface area contributed by atoms with Gasteiger partial charge in [-0.1, -0.05) is 18.2 Å². The fourth-order valence-corrected chi connectivity index (χ4v) is 25.7. The number of ether oxygens (including phenoxy) is 20. The van der Waals surface area contributed by atoms with Gasteiger partial charge in [-0.15, -0.1) is 0 Å². The van der Waals surface area contributed by atoms with E-state index in [4.69, 9.17) is 161 Å². The first-order valence-electron chi connectivity index (χ1n) is 46.6. The van der Waals surface area contributed by atoms with Crippen LogP contribution in [-0.2, 0) is 114 Å². The predicted octanol–water partition coefficient (Wildman–Crippen LogP) is 12.6. The van der Waals surface area contributed by atoms with Crippen molar-refractivity contribution in [2.45, 2.75) is 245 Å². The second kappa shape index (κ2) is 58.9. The van der Waals surface area contributed by atoms with Gasteiger partial charge >= 0.3 is 44.0 Å². The Kier molecular flexibility index (Phi) is 49.1. The van der Waals surface area contributed by atoms with Crippen LogP contribution < -0.4 is 73.3 Å². The Balaban J connectivity index is 0.000000187. The Bertz CT molecular complexity index is 3850. The van der Waals surface area contributed by atoms with Crippen molar-refractivity contribution in [3.8, 4) is 57.5 Å². The molecule has 10 unspecified atom stereocenters. The van der Waals surface area contributed by atoms with Crippen LogP contribution >= 0.6 is 0 Å². The molecule has 10 atom stereocenters. The molecule has 8 aliphatic rings. The van der Waals surface area contributed by atoms with E-state index in [1.807, 2.05) is 113 Å². The summed E-state index contributed by atoms with van der Waals surface area (Å²) in [6.07, 6.45) is 21.0. The first-order chi connectivity index (χ1) is 64.8. The van der Waals surface area contributed by atoms with Crippen molar-refractivity contribution in [1.82, 2.24) is 0 Å². The van der Waals surface area contributed by atoms with E-state index >= 15 is 0 Å². The first kappa shape index (κ1) is 111. The normalized spacial score (nSPS) is 22.0. The number of para-hydroxylation sites is 1. The smallest absolute Gasteiger partial charge is 0.465 e. The third kappa shape index (κ3) is 32.4. The molecule has 5 aromatic carbocycles. The third-order valence-electron chi connectivity index (χ3n) is 23.0. The van der Waals surface area contributed by atoms with Crippen LogP contribution in [0.25, 0.3) is 0 Å². The lowest BCUT2D eigenvalue weighted by Gasteiger charge is -2.32. The molecule has 0 amide bonds. The minimum Gasteiger partial charge on any atom is -0.465 e. The summed E-state index contributed by atoms with van der Waals surface area (Å²) in [4.78, 5) is 0. The summed E-state index contributed by atoms with van der Waals surface area (Å²) in [5.74, 6) is 6.09. The number of hydrogen-bond acceptors (Lipinski definition) is 35. The third-order valence-corrected chi connectivity index (χ3v) is 36.4. The molecule has 0 bridgehead atoms. The second-order valence-corrected chi connectivity index (χ2v) is 46.1. The van der Waals surface area contributed by atoms with Gasteiger partial charge in [-0.25, -0.2) is 0 Å². The van der Waals surface area contributed by atoms with E-state index in [-0.39, 0.29) is 50.3 Å². The molecule has 752 valence electrons. The Morgan fingerprint density at radius 3 is 0.895 bits per heavy atom. The maximum atomic E-state index is 6.26. The molecule has 133 heavy (non-hydrogen) atoms. The maximum absolute atomic E-state index is 6.26. The van der Waals surface area contributed by atoms with E-state index < -0.39 is 56.6 Å². The lowest BCUT2D eigenvalue weighted by Crippen LogP contribution is -2.56. The molecule has 0 aliphatic carbocycles. The van der Waals surface area contributed by atoms with E-state index in [9.17, 15) is 0 Å². The van der Waals surface area contributed by atoms with Crippen molar-refractivity contribution in [2.24, 2.45) is 0 Å². The monoisotopic (exact) mass is 1970 g/mol. The fourth-order valence-electron chi connectivity index (χ4n) is 16.1. The molecule has 0 N–H and O–H groups in total. The van der Waals surface area contributed by atoms with Crippen LogP contribution in [0.2, 0.25) is 0 Å². The molecule has 0 saturated carbocycles. The molecule has 13 rings (SSSR count). The van der Waals surface area contributed by atoms with E-state index in [1.54, 1.807) is 113 Å². The molecule has 0 aromatic heterocycles. The van der Waals surface area contributed by atoms with Crippen LogP contribution in [0.3, 0.4) is 0 Å². The minimum atomic E-state index is -3.21. The van der Waals surface area contributed by atoms with Crippen LogP contribution in [-0.4, -0.2) is 280 Å². The van der Waals surface area contributed by atoms with Crippen molar-refractivity contribution in [3.05, 3.63) is 91.0 Å². The molecular formula is C93H150O35Si5. The van der Waals surface area contributed by atoms with E-state index in [0.717, 1.165) is 188 Å². The average Bonchev–Trinajstić information content (AvgIpc) is 0.744. The van der Waals surface area contributed by atoms with Crippen LogP contribution in [0.1, 0.15) is 182 Å². The standard InChI is InChI=1S/4C19H30O7Si.C17H30O7Si/c1-20-27(21-2,22-3)16-10-8-9-15(25-17-11-4-6-13-23-17)19(16)26-18-12-5-7-14-24-18;1-20-27(21-2,22-3)19-15(25-17-11-4-6-13-23-17)9-8-10-16(19)26-18-12-5-7-14-24-18;1-20-27(21-2,22-3)17-11-10-15(25-18-8-4-6-12-23-18)14-16(17)26-19-9-5-7-13-24-19;1-20-27(21-2,22-3)17-14-15(25-18-8-4-6-12-23-18)10-11-16(17)26-19-9-5-7-13-24-19;1-8-21-13(3)23-15-10-16(24-14(4)22-9-2)12-17(11-15)25(18-5,19-6)20-7/h2*8-10,17-18H,4-7,11-14H2,1-3H3;2*10-11,14,18-19H,4-9,12-13H2,1-3H3;10-14H,8-9H2,1-7H3. The number of benzene rings is 5. The molecule has 8 saturated heterocycles. The van der Waals surface area contributed by atoms with Crippen molar-refractivity contribution in [1.29, 1.82) is 0 Å². The first-order valence-corrected chi connectivity index (χ1v) is 55.2. The van der Waals surface area contributed by atoms with Crippen LogP contribution in [0.15, 0.2) is 91.0 Å². The Labute approximate surface area is 792 Å². The summed E-state index contributed by atoms with van der Waals surface area (Å²) in [5, 5.41) is 3.58. The van der Waals surface area contributed by atoms with Crippen molar-refractivity contribution in [3.63, 3.8) is 0 Å². The molecule has 5 aromatic rings. The fraction of sp³-hybridized carbons (Fsp3) is 0.677. The second-order valence-electron chi connectivity index (χ2n) is 31.7. The van der Waals surface area contributed by atoms with Gasteiger partial charge in [0, 0.05) is 189 Å². The predicted molar refractivity (Wildman–Crippen MR) is 501 cm³/mol. The highest BCUT2D eigenvalue weighted by Gasteiger charge is 2.51. The highest BCUT2D eigenvalue weighted by Crippen LogP contribution is 2.37. The quantitative estimate of drug-likeness (QED) is 0.0258. The van der Waals surface area contributed by atoms with Crippen molar-refractivity contribution < 1.29 is 161 Å². The molecule has 40 heteroatoms. The van der Waals surface area contributed by atoms with E-state index in [0.29, 0.717) is 116 Å². The Morgan fingerprint density at radius 2 is 0.549 bits per heavy atom. The SMILES string of the molecule is CCOC(C)Oc1cc(OC(C)OCC)cc([Si](OC)(OC)OC)c1.CO[Si](OC)(OC)c1c(OC2CCCCO2)cccc1OC1CCCCO1.CO[Si](OC)(OC)c1cc(OC2CCCCO2)ccc1OC1CCCCO1.CO[Si](OC)(OC)c1ccc(OC2CCCCO2)cc1OC1CCCCO1.CO[Si](OC)(OC)c1cccc(OC2CCCCO2)c1OC1CCCCO1. The molecule has 35 nitrogen and oxygen atoms in total. The summed E-state index contributed by atoms with van der Waals surface area (Å²) in [7, 11) is 8.08. The van der Waals surface area contributed by atoms with Crippen LogP contribution in [0.5, 0.6) is 57.5 Å². The maximum Gasteiger partial charge on any atom is 0.544 e. The molecular weight excluding hydrogens is 1820 g/mol. The summed E-state index contributed by atoms with van der Waals surface area (Å²) >= 11 is 0. The molecule has 0 radical (unpaired) electrons. The van der Waals surface area contributed by atoms with Crippen molar-refractivity contribution in [2.75, 3.05) is 173 Å². The zero-order valence-electron chi connectivity index (χ0n) is 81.8. The van der Waals surface area contributed by atoms with Gasteiger partial charge in [0.05, 0.1) is 68.4 Å². The number of rotatable bonds is 44. The van der Waals surface area contributed by atoms with Gasteiger partial charge in [-0.2, -0.15) is 0 Å². The van der Waals surface area contributed by atoms with Gasteiger partial charge in [0.15, 0.2) is 74.4 Å². The van der Waals surface area contributed by atoms with Gasteiger partial charge in [0.25, 0.3) is 0 Å². The summed E-state index contributed by atoms with van der Waals surface area (Å²) < 4.78 is 202. The van der Waals surface area contributed by atoms with E-state index in [1.165, 1.54) is 0 Å². The van der Waals surface area contributed by atoms with Crippen molar-refractivity contribution >= 4 is 70.0 Å². The van der Waals surface area contributed by atoms with Gasteiger partial charge in [0.1, 0.15) is 51.2 Å². The average molecular weight is 1970 g/mol. The molecule has 8 heterocycles. The summed E-state index contributed by atoms with van der Waals surface area (Å²) in [6, 6.07) is 27.9. The Hall–Kier alpha value is -5.82.